The topological polar surface area (TPSA) is 77.8 Å². The van der Waals surface area contributed by atoms with Crippen molar-refractivity contribution < 1.29 is 20.1 Å². The summed E-state index contributed by atoms with van der Waals surface area (Å²) in [5.41, 5.74) is 1.41. The monoisotopic (exact) mass is 330 g/mol. The van der Waals surface area contributed by atoms with Gasteiger partial charge in [0.2, 0.25) is 5.78 Å². The van der Waals surface area contributed by atoms with Crippen LogP contribution in [0.25, 0.3) is 0 Å². The fraction of sp³-hybridized carbons (Fsp3) is 0.550. The maximum Gasteiger partial charge on any atom is 0.227 e. The van der Waals surface area contributed by atoms with Crippen LogP contribution < -0.4 is 0 Å². The highest BCUT2D eigenvalue weighted by atomic mass is 16.3. The molecular weight excluding hydrogens is 304 g/mol. The number of hydrogen-bond donors (Lipinski definition) is 3. The normalized spacial score (nSPS) is 29.7. The van der Waals surface area contributed by atoms with Crippen molar-refractivity contribution in [1.82, 2.24) is 0 Å². The Morgan fingerprint density at radius 2 is 1.83 bits per heavy atom. The molecule has 4 nitrogen and oxygen atoms in total. The van der Waals surface area contributed by atoms with Gasteiger partial charge >= 0.3 is 0 Å². The number of aliphatic hydroxyl groups is 2. The van der Waals surface area contributed by atoms with Gasteiger partial charge in [-0.15, -0.1) is 0 Å². The van der Waals surface area contributed by atoms with Crippen LogP contribution in [0.4, 0.5) is 0 Å². The number of aromatic hydroxyl groups is 1. The third-order valence-electron chi connectivity index (χ3n) is 5.99. The van der Waals surface area contributed by atoms with Crippen molar-refractivity contribution in [3.8, 4) is 5.75 Å². The molecule has 0 heterocycles. The molecule has 2 aliphatic rings. The van der Waals surface area contributed by atoms with E-state index in [1.807, 2.05) is 27.7 Å². The number of aliphatic hydroxyl groups excluding tert-OH is 2. The highest BCUT2D eigenvalue weighted by molar-refractivity contribution is 6.11. The average Bonchev–Trinajstić information content (AvgIpc) is 2.52. The van der Waals surface area contributed by atoms with Gasteiger partial charge in [-0.3, -0.25) is 4.79 Å². The van der Waals surface area contributed by atoms with Gasteiger partial charge in [0, 0.05) is 16.4 Å². The maximum atomic E-state index is 12.8. The summed E-state index contributed by atoms with van der Waals surface area (Å²) in [4.78, 5) is 12.8. The van der Waals surface area contributed by atoms with Crippen molar-refractivity contribution in [1.29, 1.82) is 0 Å². The second kappa shape index (κ2) is 5.35. The quantitative estimate of drug-likeness (QED) is 0.767. The molecule has 0 amide bonds. The molecule has 0 spiro atoms. The van der Waals surface area contributed by atoms with Gasteiger partial charge < -0.3 is 15.3 Å². The molecule has 0 bridgehead atoms. The van der Waals surface area contributed by atoms with Crippen molar-refractivity contribution >= 4 is 5.78 Å². The van der Waals surface area contributed by atoms with Gasteiger partial charge in [0.25, 0.3) is 0 Å². The molecule has 0 aromatic heterocycles. The van der Waals surface area contributed by atoms with E-state index in [0.29, 0.717) is 16.7 Å². The lowest BCUT2D eigenvalue weighted by molar-refractivity contribution is 0.0878. The number of fused-ring (bicyclic) bond motifs is 3. The smallest absolute Gasteiger partial charge is 0.227 e. The Kier molecular flexibility index (Phi) is 3.79. The van der Waals surface area contributed by atoms with E-state index in [1.165, 1.54) is 0 Å². The largest absolute Gasteiger partial charge is 0.508 e. The molecule has 2 unspecified atom stereocenters. The van der Waals surface area contributed by atoms with Crippen LogP contribution in [0, 0.1) is 5.41 Å². The van der Waals surface area contributed by atoms with Gasteiger partial charge in [0.15, 0.2) is 5.76 Å². The lowest BCUT2D eigenvalue weighted by Gasteiger charge is -2.49. The van der Waals surface area contributed by atoms with Crippen molar-refractivity contribution in [3.63, 3.8) is 0 Å². The van der Waals surface area contributed by atoms with Crippen LogP contribution in [0.1, 0.15) is 74.4 Å². The SMILES string of the molecule is CC(C)c1cc2c(cc1O)C1(C)CCCC(C)(CO)C1=C(O)C2=O. The molecule has 24 heavy (non-hydrogen) atoms. The zero-order chi connectivity index (χ0) is 17.9. The first-order valence-corrected chi connectivity index (χ1v) is 8.63. The Labute approximate surface area is 142 Å². The molecule has 1 aromatic rings. The zero-order valence-corrected chi connectivity index (χ0v) is 14.8. The van der Waals surface area contributed by atoms with Crippen LogP contribution in [-0.4, -0.2) is 27.7 Å². The zero-order valence-electron chi connectivity index (χ0n) is 14.8. The number of hydrogen-bond acceptors (Lipinski definition) is 4. The standard InChI is InChI=1S/C20H26O4/c1-11(2)12-8-13-14(9-15(12)22)20(4)7-5-6-19(3,10-21)18(20)17(24)16(13)23/h8-9,11,21-22,24H,5-7,10H2,1-4H3. The molecule has 0 radical (unpaired) electrons. The van der Waals surface area contributed by atoms with Crippen molar-refractivity contribution in [2.45, 2.75) is 58.3 Å². The minimum absolute atomic E-state index is 0.0810. The van der Waals surface area contributed by atoms with Crippen LogP contribution in [0.3, 0.4) is 0 Å². The molecule has 1 fully saturated rings. The lowest BCUT2D eigenvalue weighted by Crippen LogP contribution is -2.46. The van der Waals surface area contributed by atoms with Crippen molar-refractivity contribution in [3.05, 3.63) is 40.2 Å². The molecule has 4 heteroatoms. The predicted molar refractivity (Wildman–Crippen MR) is 92.6 cm³/mol. The number of carbonyl (C=O) groups excluding carboxylic acids is 1. The minimum atomic E-state index is -0.614. The third kappa shape index (κ3) is 2.12. The van der Waals surface area contributed by atoms with E-state index in [9.17, 15) is 20.1 Å². The fourth-order valence-electron chi connectivity index (χ4n) is 4.68. The van der Waals surface area contributed by atoms with E-state index in [0.717, 1.165) is 24.8 Å². The van der Waals surface area contributed by atoms with E-state index in [2.05, 4.69) is 0 Å². The van der Waals surface area contributed by atoms with E-state index >= 15 is 0 Å². The van der Waals surface area contributed by atoms with Gasteiger partial charge in [-0.2, -0.15) is 0 Å². The van der Waals surface area contributed by atoms with Crippen molar-refractivity contribution in [2.24, 2.45) is 5.41 Å². The molecule has 1 saturated carbocycles. The molecule has 2 atom stereocenters. The molecular formula is C20H26O4. The van der Waals surface area contributed by atoms with Crippen molar-refractivity contribution in [2.75, 3.05) is 6.61 Å². The molecule has 130 valence electrons. The van der Waals surface area contributed by atoms with Crippen LogP contribution in [0.2, 0.25) is 0 Å². The Bertz CT molecular complexity index is 746. The van der Waals surface area contributed by atoms with E-state index in [1.54, 1.807) is 12.1 Å². The summed E-state index contributed by atoms with van der Waals surface area (Å²) in [5, 5.41) is 31.1. The first kappa shape index (κ1) is 17.0. The molecule has 3 N–H and O–H groups in total. The lowest BCUT2D eigenvalue weighted by atomic mass is 9.54. The van der Waals surface area contributed by atoms with Crippen LogP contribution >= 0.6 is 0 Å². The summed E-state index contributed by atoms with van der Waals surface area (Å²) >= 11 is 0. The van der Waals surface area contributed by atoms with Gasteiger partial charge in [-0.25, -0.2) is 0 Å². The summed E-state index contributed by atoms with van der Waals surface area (Å²) < 4.78 is 0. The van der Waals surface area contributed by atoms with Crippen LogP contribution in [0.15, 0.2) is 23.5 Å². The number of phenolic OH excluding ortho intramolecular Hbond substituents is 1. The van der Waals surface area contributed by atoms with Crippen LogP contribution in [-0.2, 0) is 5.41 Å². The second-order valence-corrected chi connectivity index (χ2v) is 8.07. The van der Waals surface area contributed by atoms with Gasteiger partial charge in [-0.05, 0) is 47.6 Å². The molecule has 3 rings (SSSR count). The Morgan fingerprint density at radius 1 is 1.17 bits per heavy atom. The third-order valence-corrected chi connectivity index (χ3v) is 5.99. The Balaban J connectivity index is 2.31. The fourth-order valence-corrected chi connectivity index (χ4v) is 4.68. The molecule has 2 aliphatic carbocycles. The second-order valence-electron chi connectivity index (χ2n) is 8.07. The molecule has 1 aromatic carbocycles. The number of rotatable bonds is 2. The predicted octanol–water partition coefficient (Wildman–Crippen LogP) is 3.96. The summed E-state index contributed by atoms with van der Waals surface area (Å²) in [6, 6.07) is 3.42. The molecule has 0 aliphatic heterocycles. The van der Waals surface area contributed by atoms with E-state index in [-0.39, 0.29) is 24.0 Å². The van der Waals surface area contributed by atoms with Gasteiger partial charge in [-0.1, -0.05) is 34.1 Å². The number of phenols is 1. The summed E-state index contributed by atoms with van der Waals surface area (Å²) in [6.07, 6.45) is 2.41. The minimum Gasteiger partial charge on any atom is -0.508 e. The number of ketones is 1. The average molecular weight is 330 g/mol. The maximum absolute atomic E-state index is 12.8. The highest BCUT2D eigenvalue weighted by Gasteiger charge is 2.52. The number of Topliss-reactive ketones (excluding diaryl/α,β-unsaturated/α-hetero) is 1. The van der Waals surface area contributed by atoms with E-state index < -0.39 is 16.6 Å². The molecule has 0 saturated heterocycles. The van der Waals surface area contributed by atoms with Gasteiger partial charge in [0.05, 0.1) is 6.61 Å². The summed E-state index contributed by atoms with van der Waals surface area (Å²) in [7, 11) is 0. The van der Waals surface area contributed by atoms with Gasteiger partial charge in [0.1, 0.15) is 5.75 Å². The highest BCUT2D eigenvalue weighted by Crippen LogP contribution is 2.56. The van der Waals surface area contributed by atoms with Crippen LogP contribution in [0.5, 0.6) is 5.75 Å². The Morgan fingerprint density at radius 3 is 2.42 bits per heavy atom. The first-order valence-electron chi connectivity index (χ1n) is 8.63. The Hall–Kier alpha value is -1.81. The number of benzene rings is 1. The first-order chi connectivity index (χ1) is 11.2. The number of carbonyl (C=O) groups is 1. The van der Waals surface area contributed by atoms with E-state index in [4.69, 9.17) is 0 Å². The summed E-state index contributed by atoms with van der Waals surface area (Å²) in [6.45, 7) is 7.71. The summed E-state index contributed by atoms with van der Waals surface area (Å²) in [5.74, 6) is -0.352. The number of allylic oxidation sites excluding steroid dienone is 1.